The second-order valence-electron chi connectivity index (χ2n) is 27.0. The van der Waals surface area contributed by atoms with E-state index in [4.69, 9.17) is 4.74 Å². The predicted octanol–water partition coefficient (Wildman–Crippen LogP) is 17.3. The molecular weight excluding hydrogens is 1190 g/mol. The third-order valence-corrected chi connectivity index (χ3v) is 31.6. The van der Waals surface area contributed by atoms with Gasteiger partial charge < -0.3 is 23.3 Å². The molecular formula is C88H60N4OSi2. The molecule has 0 unspecified atom stereocenters. The van der Waals surface area contributed by atoms with Gasteiger partial charge in [-0.2, -0.15) is 0 Å². The number of aryl methyl sites for hydroxylation is 4. The summed E-state index contributed by atoms with van der Waals surface area (Å²) in [6.07, 6.45) is 0. The zero-order valence-electron chi connectivity index (χ0n) is 52.9. The Morgan fingerprint density at radius 2 is 0.558 bits per heavy atom. The largest absolute Gasteiger partial charge is 0.458 e. The molecule has 5 nitrogen and oxygen atoms in total. The molecule has 18 aromatic rings. The van der Waals surface area contributed by atoms with Gasteiger partial charge in [0.05, 0.1) is 33.1 Å². The van der Waals surface area contributed by atoms with Crippen LogP contribution in [0.5, 0.6) is 11.5 Å². The SMILES string of the molecule is Cc1ccc2c(c1)[Si]1(c3ccccc3-c3ccccc31)c1cc(C)ccc1N2c1ccc2c3cccc4c5ccccc5n(c2c1)c43.Cc1ccc2c(c1)[Si]1(c3ccccc3Oc3ccccc31)c1cc(C)ccc1N2c1ccc2c3cccc4c5ccccc5n(c2c1)c43. The van der Waals surface area contributed by atoms with Gasteiger partial charge in [-0.15, -0.1) is 0 Å². The van der Waals surface area contributed by atoms with Gasteiger partial charge in [0.15, 0.2) is 16.1 Å². The fraction of sp³-hybridized carbons (Fsp3) is 0.0455. The molecule has 0 amide bonds. The molecule has 4 aromatic heterocycles. The van der Waals surface area contributed by atoms with Crippen molar-refractivity contribution in [2.75, 3.05) is 9.80 Å². The summed E-state index contributed by atoms with van der Waals surface area (Å²) >= 11 is 0. The highest BCUT2D eigenvalue weighted by atomic mass is 28.3. The lowest BCUT2D eigenvalue weighted by atomic mass is 10.1. The van der Waals surface area contributed by atoms with Crippen molar-refractivity contribution in [3.8, 4) is 22.6 Å². The predicted molar refractivity (Wildman–Crippen MR) is 404 cm³/mol. The van der Waals surface area contributed by atoms with Crippen molar-refractivity contribution in [1.29, 1.82) is 0 Å². The first-order valence-corrected chi connectivity index (χ1v) is 37.2. The molecule has 22 rings (SSSR count). The van der Waals surface area contributed by atoms with Crippen LogP contribution in [0, 0.1) is 27.7 Å². The summed E-state index contributed by atoms with van der Waals surface area (Å²) in [7, 11) is -5.42. The maximum Gasteiger partial charge on any atom is 0.192 e. The normalized spacial score (nSPS) is 14.3. The smallest absolute Gasteiger partial charge is 0.192 e. The van der Waals surface area contributed by atoms with Gasteiger partial charge in [-0.05, 0) is 153 Å². The van der Waals surface area contributed by atoms with Gasteiger partial charge in [-0.25, -0.2) is 0 Å². The second-order valence-corrected chi connectivity index (χ2v) is 34.3. The van der Waals surface area contributed by atoms with Crippen LogP contribution in [-0.2, 0) is 0 Å². The van der Waals surface area contributed by atoms with Gasteiger partial charge in [0.25, 0.3) is 0 Å². The van der Waals surface area contributed by atoms with Crippen LogP contribution in [0.3, 0.4) is 0 Å². The number of rotatable bonds is 2. The summed E-state index contributed by atoms with van der Waals surface area (Å²) in [5, 5.41) is 21.8. The Labute approximate surface area is 551 Å². The van der Waals surface area contributed by atoms with Gasteiger partial charge in [0.2, 0.25) is 0 Å². The van der Waals surface area contributed by atoms with Gasteiger partial charge in [0.1, 0.15) is 11.5 Å². The number of ether oxygens (including phenoxy) is 1. The first kappa shape index (κ1) is 53.1. The molecule has 0 aliphatic carbocycles. The van der Waals surface area contributed by atoms with Gasteiger partial charge in [-0.3, -0.25) is 0 Å². The maximum atomic E-state index is 6.66. The van der Waals surface area contributed by atoms with Crippen molar-refractivity contribution in [2.45, 2.75) is 27.7 Å². The summed E-state index contributed by atoms with van der Waals surface area (Å²) in [6, 6.07) is 110. The van der Waals surface area contributed by atoms with Crippen LogP contribution in [0.1, 0.15) is 22.3 Å². The maximum absolute atomic E-state index is 6.66. The first-order chi connectivity index (χ1) is 46.8. The molecule has 0 radical (unpaired) electrons. The molecule has 2 spiro atoms. The molecule has 0 fully saturated rings. The topological polar surface area (TPSA) is 24.5 Å². The molecule has 4 aliphatic rings. The van der Waals surface area contributed by atoms with E-state index in [0.29, 0.717) is 0 Å². The second kappa shape index (κ2) is 19.1. The van der Waals surface area contributed by atoms with Crippen molar-refractivity contribution in [1.82, 2.24) is 8.80 Å². The molecule has 0 atom stereocenters. The molecule has 446 valence electrons. The number of aromatic nitrogens is 2. The first-order valence-electron chi connectivity index (χ1n) is 33.2. The highest BCUT2D eigenvalue weighted by Gasteiger charge is 2.55. The lowest BCUT2D eigenvalue weighted by Crippen LogP contribution is -2.78. The minimum Gasteiger partial charge on any atom is -0.458 e. The Hall–Kier alpha value is -11.5. The van der Waals surface area contributed by atoms with Crippen LogP contribution >= 0.6 is 0 Å². The Balaban J connectivity index is 0.000000127. The van der Waals surface area contributed by atoms with Gasteiger partial charge in [-0.1, -0.05) is 241 Å². The van der Waals surface area contributed by atoms with Crippen molar-refractivity contribution in [3.05, 3.63) is 313 Å². The van der Waals surface area contributed by atoms with Crippen molar-refractivity contribution in [3.63, 3.8) is 0 Å². The van der Waals surface area contributed by atoms with Crippen molar-refractivity contribution < 1.29 is 4.74 Å². The number of para-hydroxylation sites is 6. The lowest BCUT2D eigenvalue weighted by Gasteiger charge is -2.47. The van der Waals surface area contributed by atoms with E-state index in [-0.39, 0.29) is 0 Å². The summed E-state index contributed by atoms with van der Waals surface area (Å²) in [6.45, 7) is 8.95. The van der Waals surface area contributed by atoms with E-state index in [1.165, 1.54) is 185 Å². The standard InChI is InChI=1S/C44H30N2OSi.C44H30N2Si/c1-27-18-22-35-42(24-27)48(40-16-7-5-14-38(40)47-39-15-6-8-17-41(39)48)43-25-28(2)19-23-36(43)45(35)29-20-21-31-33-12-9-11-32-30-10-3-4-13-34(30)46(44(32)33)37(31)26-29;1-27-18-22-37-42(24-27)47(40-16-7-4-11-32(40)33-12-5-8-17-41(33)47)43-25-28(2)19-23-38(43)45(37)29-20-21-31-35-14-9-13-34-30-10-3-6-15-36(30)46(44(34)35)39(31)26-29/h3-26H,1-2H3;3-26H,1-2H3. The van der Waals surface area contributed by atoms with Crippen LogP contribution in [0.4, 0.5) is 34.1 Å². The van der Waals surface area contributed by atoms with Crippen molar-refractivity contribution >= 4 is 168 Å². The minimum absolute atomic E-state index is 0.968. The van der Waals surface area contributed by atoms with Crippen LogP contribution in [0.15, 0.2) is 291 Å². The molecule has 0 saturated carbocycles. The number of anilines is 6. The van der Waals surface area contributed by atoms with E-state index >= 15 is 0 Å². The molecule has 0 saturated heterocycles. The quantitative estimate of drug-likeness (QED) is 0.161. The van der Waals surface area contributed by atoms with E-state index in [1.54, 1.807) is 0 Å². The van der Waals surface area contributed by atoms with Gasteiger partial charge in [0, 0.05) is 77.2 Å². The van der Waals surface area contributed by atoms with Crippen LogP contribution in [-0.4, -0.2) is 24.9 Å². The zero-order chi connectivity index (χ0) is 62.7. The fourth-order valence-corrected chi connectivity index (χ4v) is 29.4. The van der Waals surface area contributed by atoms with E-state index in [1.807, 2.05) is 0 Å². The molecule has 8 heterocycles. The summed E-state index contributed by atoms with van der Waals surface area (Å²) < 4.78 is 11.6. The third-order valence-electron chi connectivity index (χ3n) is 21.9. The van der Waals surface area contributed by atoms with Crippen molar-refractivity contribution in [2.24, 2.45) is 0 Å². The minimum atomic E-state index is -2.80. The average molecular weight is 1250 g/mol. The van der Waals surface area contributed by atoms with E-state index in [9.17, 15) is 0 Å². The number of hydrogen-bond acceptors (Lipinski definition) is 3. The molecule has 7 heteroatoms. The highest BCUT2D eigenvalue weighted by Crippen LogP contribution is 2.48. The van der Waals surface area contributed by atoms with Crippen LogP contribution < -0.4 is 56.0 Å². The fourth-order valence-electron chi connectivity index (χ4n) is 18.2. The van der Waals surface area contributed by atoms with Crippen LogP contribution in [0.25, 0.3) is 87.3 Å². The molecule has 14 aromatic carbocycles. The highest BCUT2D eigenvalue weighted by molar-refractivity contribution is 7.24. The number of hydrogen-bond donors (Lipinski definition) is 0. The third kappa shape index (κ3) is 6.80. The molecule has 0 N–H and O–H groups in total. The van der Waals surface area contributed by atoms with E-state index < -0.39 is 16.1 Å². The average Bonchev–Trinajstić information content (AvgIpc) is 0.715. The number of fused-ring (bicyclic) bond motifs is 29. The molecule has 0 bridgehead atoms. The summed E-state index contributed by atoms with van der Waals surface area (Å²) in [5.41, 5.74) is 23.0. The zero-order valence-corrected chi connectivity index (χ0v) is 54.9. The summed E-state index contributed by atoms with van der Waals surface area (Å²) in [5.74, 6) is 1.94. The van der Waals surface area contributed by atoms with E-state index in [2.05, 4.69) is 337 Å². The Bertz CT molecular complexity index is 6170. The number of benzene rings is 14. The summed E-state index contributed by atoms with van der Waals surface area (Å²) in [4.78, 5) is 5.08. The Morgan fingerprint density at radius 3 is 0.958 bits per heavy atom. The van der Waals surface area contributed by atoms with Gasteiger partial charge >= 0.3 is 0 Å². The Kier molecular flexibility index (Phi) is 10.7. The molecule has 4 aliphatic heterocycles. The Morgan fingerprint density at radius 1 is 0.242 bits per heavy atom. The van der Waals surface area contributed by atoms with E-state index in [0.717, 1.165) is 11.5 Å². The number of nitrogens with zero attached hydrogens (tertiary/aromatic N) is 4. The monoisotopic (exact) mass is 1240 g/mol. The molecule has 95 heavy (non-hydrogen) atoms. The van der Waals surface area contributed by atoms with Crippen LogP contribution in [0.2, 0.25) is 0 Å². The lowest BCUT2D eigenvalue weighted by molar-refractivity contribution is 0.487.